The zero-order valence-corrected chi connectivity index (χ0v) is 9.11. The second kappa shape index (κ2) is 7.20. The van der Waals surface area contributed by atoms with Gasteiger partial charge in [-0.05, 0) is 12.0 Å². The number of pyridine rings is 1. The van der Waals surface area contributed by atoms with E-state index in [0.29, 0.717) is 25.6 Å². The minimum Gasteiger partial charge on any atom is -0.475 e. The van der Waals surface area contributed by atoms with Gasteiger partial charge in [0.15, 0.2) is 0 Å². The number of nitrogens with two attached hydrogens (primary N) is 1. The first-order chi connectivity index (χ1) is 7.36. The van der Waals surface area contributed by atoms with Crippen molar-refractivity contribution in [3.05, 3.63) is 23.9 Å². The van der Waals surface area contributed by atoms with Crippen LogP contribution < -0.4 is 10.5 Å². The molecule has 4 heteroatoms. The van der Waals surface area contributed by atoms with Gasteiger partial charge in [0.2, 0.25) is 5.88 Å². The summed E-state index contributed by atoms with van der Waals surface area (Å²) in [5.74, 6) is 0.618. The summed E-state index contributed by atoms with van der Waals surface area (Å²) in [5.41, 5.74) is 6.46. The highest BCUT2D eigenvalue weighted by molar-refractivity contribution is 5.17. The number of hydrogen-bond acceptors (Lipinski definition) is 4. The van der Waals surface area contributed by atoms with Crippen molar-refractivity contribution in [2.24, 2.45) is 5.73 Å². The lowest BCUT2D eigenvalue weighted by Gasteiger charge is -2.05. The van der Waals surface area contributed by atoms with Gasteiger partial charge in [-0.15, -0.1) is 0 Å². The fraction of sp³-hybridized carbons (Fsp3) is 0.545. The standard InChI is InChI=1S/C11H18N2O2/c1-2-5-14-6-7-15-11-4-3-10(8-12)9-13-11/h3-4,9H,2,5-8,12H2,1H3. The zero-order valence-electron chi connectivity index (χ0n) is 9.11. The summed E-state index contributed by atoms with van der Waals surface area (Å²) in [7, 11) is 0. The summed E-state index contributed by atoms with van der Waals surface area (Å²) in [4.78, 5) is 4.11. The molecule has 1 heterocycles. The Morgan fingerprint density at radius 1 is 1.27 bits per heavy atom. The summed E-state index contributed by atoms with van der Waals surface area (Å²) in [6, 6.07) is 3.73. The van der Waals surface area contributed by atoms with E-state index in [1.165, 1.54) is 0 Å². The van der Waals surface area contributed by atoms with Gasteiger partial charge in [-0.1, -0.05) is 13.0 Å². The van der Waals surface area contributed by atoms with Crippen molar-refractivity contribution in [3.63, 3.8) is 0 Å². The topological polar surface area (TPSA) is 57.4 Å². The van der Waals surface area contributed by atoms with E-state index in [4.69, 9.17) is 15.2 Å². The molecule has 84 valence electrons. The number of hydrogen-bond donors (Lipinski definition) is 1. The van der Waals surface area contributed by atoms with Gasteiger partial charge >= 0.3 is 0 Å². The molecule has 1 rings (SSSR count). The Kier molecular flexibility index (Phi) is 5.73. The Morgan fingerprint density at radius 3 is 2.73 bits per heavy atom. The average Bonchev–Trinajstić information content (AvgIpc) is 2.30. The Bertz CT molecular complexity index is 262. The van der Waals surface area contributed by atoms with Crippen LogP contribution in [0.4, 0.5) is 0 Å². The summed E-state index contributed by atoms with van der Waals surface area (Å²) in [6.45, 7) is 4.51. The molecule has 0 aromatic carbocycles. The lowest BCUT2D eigenvalue weighted by Crippen LogP contribution is -2.08. The molecule has 0 radical (unpaired) electrons. The molecule has 0 fully saturated rings. The predicted molar refractivity (Wildman–Crippen MR) is 58.7 cm³/mol. The third kappa shape index (κ3) is 4.76. The second-order valence-electron chi connectivity index (χ2n) is 3.17. The Hall–Kier alpha value is -1.13. The van der Waals surface area contributed by atoms with Crippen LogP contribution in [-0.4, -0.2) is 24.8 Å². The van der Waals surface area contributed by atoms with E-state index in [1.54, 1.807) is 6.20 Å². The van der Waals surface area contributed by atoms with Crippen molar-refractivity contribution >= 4 is 0 Å². The molecule has 15 heavy (non-hydrogen) atoms. The summed E-state index contributed by atoms with van der Waals surface area (Å²) < 4.78 is 10.7. The average molecular weight is 210 g/mol. The molecule has 4 nitrogen and oxygen atoms in total. The summed E-state index contributed by atoms with van der Waals surface area (Å²) in [6.07, 6.45) is 2.76. The molecule has 0 aliphatic carbocycles. The first-order valence-corrected chi connectivity index (χ1v) is 5.22. The molecule has 1 aromatic rings. The molecule has 0 saturated carbocycles. The van der Waals surface area contributed by atoms with Gasteiger partial charge in [-0.2, -0.15) is 0 Å². The van der Waals surface area contributed by atoms with Gasteiger partial charge in [-0.25, -0.2) is 4.98 Å². The van der Waals surface area contributed by atoms with Crippen LogP contribution in [0, 0.1) is 0 Å². The maximum atomic E-state index is 5.45. The molecular weight excluding hydrogens is 192 g/mol. The minimum absolute atomic E-state index is 0.507. The van der Waals surface area contributed by atoms with Crippen molar-refractivity contribution in [1.82, 2.24) is 4.98 Å². The van der Waals surface area contributed by atoms with Crippen molar-refractivity contribution in [3.8, 4) is 5.88 Å². The molecule has 0 bridgehead atoms. The van der Waals surface area contributed by atoms with E-state index in [0.717, 1.165) is 18.6 Å². The number of nitrogens with zero attached hydrogens (tertiary/aromatic N) is 1. The van der Waals surface area contributed by atoms with Crippen molar-refractivity contribution in [2.75, 3.05) is 19.8 Å². The van der Waals surface area contributed by atoms with Gasteiger partial charge in [0.1, 0.15) is 6.61 Å². The predicted octanol–water partition coefficient (Wildman–Crippen LogP) is 1.35. The van der Waals surface area contributed by atoms with Crippen molar-refractivity contribution < 1.29 is 9.47 Å². The number of rotatable bonds is 7. The molecular formula is C11H18N2O2. The third-order valence-corrected chi connectivity index (χ3v) is 1.86. The monoisotopic (exact) mass is 210 g/mol. The quantitative estimate of drug-likeness (QED) is 0.690. The van der Waals surface area contributed by atoms with E-state index >= 15 is 0 Å². The summed E-state index contributed by atoms with van der Waals surface area (Å²) >= 11 is 0. The largest absolute Gasteiger partial charge is 0.475 e. The molecule has 0 saturated heterocycles. The first kappa shape index (κ1) is 11.9. The fourth-order valence-corrected chi connectivity index (χ4v) is 1.07. The molecule has 0 aliphatic heterocycles. The molecule has 0 spiro atoms. The third-order valence-electron chi connectivity index (χ3n) is 1.86. The van der Waals surface area contributed by atoms with Crippen LogP contribution in [-0.2, 0) is 11.3 Å². The maximum absolute atomic E-state index is 5.45. The highest BCUT2D eigenvalue weighted by Gasteiger charge is 1.95. The minimum atomic E-state index is 0.507. The Labute approximate surface area is 90.4 Å². The smallest absolute Gasteiger partial charge is 0.213 e. The fourth-order valence-electron chi connectivity index (χ4n) is 1.07. The molecule has 0 aliphatic rings. The van der Waals surface area contributed by atoms with E-state index in [1.807, 2.05) is 12.1 Å². The highest BCUT2D eigenvalue weighted by atomic mass is 16.5. The van der Waals surface area contributed by atoms with E-state index in [2.05, 4.69) is 11.9 Å². The van der Waals surface area contributed by atoms with Crippen molar-refractivity contribution in [2.45, 2.75) is 19.9 Å². The normalized spacial score (nSPS) is 10.3. The molecule has 0 amide bonds. The van der Waals surface area contributed by atoms with E-state index < -0.39 is 0 Å². The SMILES string of the molecule is CCCOCCOc1ccc(CN)cn1. The highest BCUT2D eigenvalue weighted by Crippen LogP contribution is 2.06. The van der Waals surface area contributed by atoms with Gasteiger partial charge < -0.3 is 15.2 Å². The van der Waals surface area contributed by atoms with Crippen LogP contribution in [0.25, 0.3) is 0 Å². The van der Waals surface area contributed by atoms with Crippen LogP contribution in [0.1, 0.15) is 18.9 Å². The van der Waals surface area contributed by atoms with Crippen molar-refractivity contribution in [1.29, 1.82) is 0 Å². The van der Waals surface area contributed by atoms with Gasteiger partial charge in [-0.3, -0.25) is 0 Å². The van der Waals surface area contributed by atoms with Crippen LogP contribution in [0.2, 0.25) is 0 Å². The van der Waals surface area contributed by atoms with E-state index in [-0.39, 0.29) is 0 Å². The Balaban J connectivity index is 2.20. The van der Waals surface area contributed by atoms with Gasteiger partial charge in [0, 0.05) is 25.4 Å². The van der Waals surface area contributed by atoms with Gasteiger partial charge in [0.05, 0.1) is 6.61 Å². The van der Waals surface area contributed by atoms with E-state index in [9.17, 15) is 0 Å². The van der Waals surface area contributed by atoms with Crippen LogP contribution in [0.15, 0.2) is 18.3 Å². The number of ether oxygens (including phenoxy) is 2. The lowest BCUT2D eigenvalue weighted by atomic mass is 10.3. The second-order valence-corrected chi connectivity index (χ2v) is 3.17. The first-order valence-electron chi connectivity index (χ1n) is 5.22. The van der Waals surface area contributed by atoms with Crippen LogP contribution >= 0.6 is 0 Å². The molecule has 2 N–H and O–H groups in total. The van der Waals surface area contributed by atoms with Crippen LogP contribution in [0.5, 0.6) is 5.88 Å². The lowest BCUT2D eigenvalue weighted by molar-refractivity contribution is 0.0990. The summed E-state index contributed by atoms with van der Waals surface area (Å²) in [5, 5.41) is 0. The molecule has 0 unspecified atom stereocenters. The van der Waals surface area contributed by atoms with Gasteiger partial charge in [0.25, 0.3) is 0 Å². The zero-order chi connectivity index (χ0) is 10.9. The van der Waals surface area contributed by atoms with Crippen LogP contribution in [0.3, 0.4) is 0 Å². The Morgan fingerprint density at radius 2 is 2.13 bits per heavy atom. The number of aromatic nitrogens is 1. The molecule has 1 aromatic heterocycles. The maximum Gasteiger partial charge on any atom is 0.213 e. The molecule has 0 atom stereocenters.